The van der Waals surface area contributed by atoms with Gasteiger partial charge in [0.25, 0.3) is 0 Å². The standard InChI is InChI=1S/C21H22F3NO4/c1-4-28-16-8-6-12(9-15(16)21(22,23)24)13-5-7-14-17(10-13)29-11-20(2,3)18(14)25-19(26)27/h5-10,18,25H,4,11H2,1-3H3,(H,26,27). The molecule has 156 valence electrons. The molecule has 2 aromatic rings. The Morgan fingerprint density at radius 3 is 2.52 bits per heavy atom. The zero-order chi connectivity index (χ0) is 21.4. The molecule has 3 rings (SSSR count). The Balaban J connectivity index is 2.03. The number of carboxylic acid groups (broad SMARTS) is 1. The fourth-order valence-corrected chi connectivity index (χ4v) is 3.45. The van der Waals surface area contributed by atoms with Crippen LogP contribution in [0.15, 0.2) is 36.4 Å². The number of benzene rings is 2. The minimum atomic E-state index is -4.55. The lowest BCUT2D eigenvalue weighted by atomic mass is 9.78. The van der Waals surface area contributed by atoms with Crippen molar-refractivity contribution in [1.29, 1.82) is 0 Å². The highest BCUT2D eigenvalue weighted by Gasteiger charge is 2.39. The number of hydrogen-bond acceptors (Lipinski definition) is 3. The third kappa shape index (κ3) is 4.26. The summed E-state index contributed by atoms with van der Waals surface area (Å²) in [5.74, 6) is 0.230. The van der Waals surface area contributed by atoms with Crippen molar-refractivity contribution in [3.8, 4) is 22.6 Å². The number of halogens is 3. The maximum atomic E-state index is 13.4. The van der Waals surface area contributed by atoms with Gasteiger partial charge in [-0.2, -0.15) is 13.2 Å². The van der Waals surface area contributed by atoms with E-state index in [1.807, 2.05) is 13.8 Å². The second kappa shape index (κ2) is 7.50. The maximum absolute atomic E-state index is 13.4. The van der Waals surface area contributed by atoms with Crippen molar-refractivity contribution >= 4 is 6.09 Å². The highest BCUT2D eigenvalue weighted by Crippen LogP contribution is 2.45. The molecule has 1 aliphatic heterocycles. The monoisotopic (exact) mass is 409 g/mol. The molecule has 1 aliphatic rings. The van der Waals surface area contributed by atoms with Crippen LogP contribution in [0.4, 0.5) is 18.0 Å². The van der Waals surface area contributed by atoms with E-state index >= 15 is 0 Å². The van der Waals surface area contributed by atoms with E-state index in [9.17, 15) is 18.0 Å². The first-order chi connectivity index (χ1) is 13.5. The van der Waals surface area contributed by atoms with Crippen molar-refractivity contribution in [3.63, 3.8) is 0 Å². The van der Waals surface area contributed by atoms with E-state index in [0.717, 1.165) is 6.07 Å². The molecule has 0 saturated heterocycles. The molecule has 1 amide bonds. The average molecular weight is 409 g/mol. The van der Waals surface area contributed by atoms with Crippen LogP contribution in [0.2, 0.25) is 0 Å². The second-order valence-electron chi connectivity index (χ2n) is 7.55. The Labute approximate surface area is 166 Å². The van der Waals surface area contributed by atoms with Gasteiger partial charge in [0.2, 0.25) is 0 Å². The number of carbonyl (C=O) groups is 1. The molecule has 0 bridgehead atoms. The molecule has 0 aromatic heterocycles. The maximum Gasteiger partial charge on any atom is 0.419 e. The van der Waals surface area contributed by atoms with E-state index in [-0.39, 0.29) is 19.0 Å². The minimum absolute atomic E-state index is 0.128. The lowest BCUT2D eigenvalue weighted by Crippen LogP contribution is -2.43. The Kier molecular flexibility index (Phi) is 5.38. The lowest BCUT2D eigenvalue weighted by molar-refractivity contribution is -0.138. The Morgan fingerprint density at radius 1 is 1.24 bits per heavy atom. The van der Waals surface area contributed by atoms with Crippen molar-refractivity contribution in [1.82, 2.24) is 5.32 Å². The Morgan fingerprint density at radius 2 is 1.90 bits per heavy atom. The summed E-state index contributed by atoms with van der Waals surface area (Å²) in [6, 6.07) is 8.40. The van der Waals surface area contributed by atoms with Crippen LogP contribution in [-0.2, 0) is 6.18 Å². The van der Waals surface area contributed by atoms with Crippen molar-refractivity contribution < 1.29 is 32.5 Å². The molecule has 29 heavy (non-hydrogen) atoms. The zero-order valence-corrected chi connectivity index (χ0v) is 16.3. The third-order valence-electron chi connectivity index (χ3n) is 4.89. The van der Waals surface area contributed by atoms with Crippen LogP contribution in [0.3, 0.4) is 0 Å². The summed E-state index contributed by atoms with van der Waals surface area (Å²) in [7, 11) is 0. The molecule has 2 aromatic carbocycles. The van der Waals surface area contributed by atoms with Gasteiger partial charge in [-0.3, -0.25) is 0 Å². The predicted octanol–water partition coefficient (Wildman–Crippen LogP) is 5.50. The van der Waals surface area contributed by atoms with E-state index in [0.29, 0.717) is 22.4 Å². The predicted molar refractivity (Wildman–Crippen MR) is 101 cm³/mol. The van der Waals surface area contributed by atoms with Crippen molar-refractivity contribution in [2.24, 2.45) is 5.41 Å². The van der Waals surface area contributed by atoms with Gasteiger partial charge in [0.15, 0.2) is 0 Å². The number of nitrogens with one attached hydrogen (secondary N) is 1. The van der Waals surface area contributed by atoms with E-state index in [4.69, 9.17) is 14.6 Å². The topological polar surface area (TPSA) is 67.8 Å². The largest absolute Gasteiger partial charge is 0.493 e. The SMILES string of the molecule is CCOc1ccc(-c2ccc3c(c2)OCC(C)(C)C3NC(=O)O)cc1C(F)(F)F. The Bertz CT molecular complexity index is 925. The normalized spacial score (nSPS) is 17.8. The van der Waals surface area contributed by atoms with Crippen molar-refractivity contribution in [3.05, 3.63) is 47.5 Å². The molecule has 1 heterocycles. The average Bonchev–Trinajstić information content (AvgIpc) is 2.63. The first-order valence-electron chi connectivity index (χ1n) is 9.13. The van der Waals surface area contributed by atoms with E-state index < -0.39 is 29.3 Å². The lowest BCUT2D eigenvalue weighted by Gasteiger charge is -2.39. The molecule has 0 saturated carbocycles. The van der Waals surface area contributed by atoms with Crippen LogP contribution >= 0.6 is 0 Å². The summed E-state index contributed by atoms with van der Waals surface area (Å²) < 4.78 is 51.2. The van der Waals surface area contributed by atoms with Gasteiger partial charge in [-0.25, -0.2) is 4.79 Å². The molecule has 0 radical (unpaired) electrons. The van der Waals surface area contributed by atoms with Crippen molar-refractivity contribution in [2.45, 2.75) is 33.0 Å². The van der Waals surface area contributed by atoms with Gasteiger partial charge >= 0.3 is 12.3 Å². The molecule has 0 spiro atoms. The van der Waals surface area contributed by atoms with E-state index in [1.54, 1.807) is 31.2 Å². The second-order valence-corrected chi connectivity index (χ2v) is 7.55. The number of alkyl halides is 3. The molecule has 5 nitrogen and oxygen atoms in total. The van der Waals surface area contributed by atoms with Gasteiger partial charge in [-0.15, -0.1) is 0 Å². The summed E-state index contributed by atoms with van der Waals surface area (Å²) in [5, 5.41) is 11.7. The van der Waals surface area contributed by atoms with Gasteiger partial charge < -0.3 is 19.9 Å². The molecule has 1 unspecified atom stereocenters. The summed E-state index contributed by atoms with van der Waals surface area (Å²) >= 11 is 0. The van der Waals surface area contributed by atoms with Gasteiger partial charge in [0.1, 0.15) is 11.5 Å². The summed E-state index contributed by atoms with van der Waals surface area (Å²) in [4.78, 5) is 11.2. The van der Waals surface area contributed by atoms with E-state index in [2.05, 4.69) is 5.32 Å². The number of fused-ring (bicyclic) bond motifs is 1. The Hall–Kier alpha value is -2.90. The van der Waals surface area contributed by atoms with Gasteiger partial charge in [-0.1, -0.05) is 32.0 Å². The smallest absolute Gasteiger partial charge is 0.419 e. The first-order valence-corrected chi connectivity index (χ1v) is 9.13. The quantitative estimate of drug-likeness (QED) is 0.700. The van der Waals surface area contributed by atoms with Crippen LogP contribution < -0.4 is 14.8 Å². The molecule has 0 aliphatic carbocycles. The van der Waals surface area contributed by atoms with Crippen LogP contribution in [0.5, 0.6) is 11.5 Å². The van der Waals surface area contributed by atoms with Crippen LogP contribution in [-0.4, -0.2) is 24.4 Å². The summed E-state index contributed by atoms with van der Waals surface area (Å²) in [5.41, 5.74) is 0.220. The van der Waals surface area contributed by atoms with Crippen LogP contribution in [0.25, 0.3) is 11.1 Å². The van der Waals surface area contributed by atoms with Crippen LogP contribution in [0.1, 0.15) is 37.9 Å². The number of amides is 1. The molecule has 8 heteroatoms. The van der Waals surface area contributed by atoms with E-state index in [1.165, 1.54) is 6.07 Å². The van der Waals surface area contributed by atoms with Crippen molar-refractivity contribution in [2.75, 3.05) is 13.2 Å². The summed E-state index contributed by atoms with van der Waals surface area (Å²) in [6.07, 6.45) is -5.70. The van der Waals surface area contributed by atoms with Gasteiger partial charge in [-0.05, 0) is 36.2 Å². The fraction of sp³-hybridized carbons (Fsp3) is 0.381. The molecule has 2 N–H and O–H groups in total. The molecular formula is C21H22F3NO4. The first kappa shape index (κ1) is 20.8. The fourth-order valence-electron chi connectivity index (χ4n) is 3.45. The third-order valence-corrected chi connectivity index (χ3v) is 4.89. The molecule has 0 fully saturated rings. The molecular weight excluding hydrogens is 387 g/mol. The van der Waals surface area contributed by atoms with Crippen LogP contribution in [0, 0.1) is 5.41 Å². The highest BCUT2D eigenvalue weighted by atomic mass is 19.4. The molecule has 1 atom stereocenters. The van der Waals surface area contributed by atoms with Gasteiger partial charge in [0.05, 0.1) is 24.8 Å². The zero-order valence-electron chi connectivity index (χ0n) is 16.3. The number of hydrogen-bond donors (Lipinski definition) is 2. The minimum Gasteiger partial charge on any atom is -0.493 e. The number of ether oxygens (including phenoxy) is 2. The number of rotatable bonds is 4. The highest BCUT2D eigenvalue weighted by molar-refractivity contribution is 5.70. The van der Waals surface area contributed by atoms with Gasteiger partial charge in [0, 0.05) is 11.0 Å². The summed E-state index contributed by atoms with van der Waals surface area (Å²) in [6.45, 7) is 5.78.